The molecule has 2 rings (SSSR count). The monoisotopic (exact) mass is 234 g/mol. The molecule has 0 bridgehead atoms. The average molecular weight is 234 g/mol. The summed E-state index contributed by atoms with van der Waals surface area (Å²) in [5, 5.41) is 5.73. The van der Waals surface area contributed by atoms with Crippen molar-refractivity contribution in [2.75, 3.05) is 11.9 Å². The molecule has 2 N–H and O–H groups in total. The Labute approximate surface area is 101 Å². The van der Waals surface area contributed by atoms with Crippen LogP contribution in [-0.4, -0.2) is 18.7 Å². The fraction of sp³-hybridized carbons (Fsp3) is 0.462. The number of hydrogen-bond acceptors (Lipinski definition) is 2. The molecule has 1 aromatic rings. The van der Waals surface area contributed by atoms with Crippen molar-refractivity contribution in [1.29, 1.82) is 0 Å². The summed E-state index contributed by atoms with van der Waals surface area (Å²) in [6.07, 6.45) is 2.19. The van der Waals surface area contributed by atoms with Gasteiger partial charge >= 0.3 is 6.03 Å². The fourth-order valence-corrected chi connectivity index (χ4v) is 1.60. The van der Waals surface area contributed by atoms with Gasteiger partial charge in [0.15, 0.2) is 0 Å². The van der Waals surface area contributed by atoms with Crippen LogP contribution in [0.5, 0.6) is 5.75 Å². The Morgan fingerprint density at radius 2 is 2.24 bits per heavy atom. The number of ether oxygens (including phenoxy) is 1. The van der Waals surface area contributed by atoms with E-state index in [0.717, 1.165) is 29.8 Å². The number of carbonyl (C=O) groups excluding carboxylic acids is 1. The summed E-state index contributed by atoms with van der Waals surface area (Å²) in [7, 11) is 0. The molecule has 1 fully saturated rings. The van der Waals surface area contributed by atoms with Crippen molar-refractivity contribution in [3.05, 3.63) is 23.8 Å². The number of anilines is 1. The molecular formula is C13H18N2O2. The van der Waals surface area contributed by atoms with Crippen LogP contribution in [0.4, 0.5) is 10.5 Å². The second-order valence-corrected chi connectivity index (χ2v) is 4.28. The van der Waals surface area contributed by atoms with Crippen LogP contribution in [-0.2, 0) is 0 Å². The molecule has 0 aromatic heterocycles. The first-order valence-corrected chi connectivity index (χ1v) is 6.00. The van der Waals surface area contributed by atoms with Gasteiger partial charge in [-0.3, -0.25) is 0 Å². The number of rotatable bonds is 4. The maximum atomic E-state index is 11.6. The van der Waals surface area contributed by atoms with E-state index >= 15 is 0 Å². The third kappa shape index (κ3) is 3.37. The average Bonchev–Trinajstić information content (AvgIpc) is 3.06. The number of nitrogens with one attached hydrogen (secondary N) is 2. The van der Waals surface area contributed by atoms with Crippen molar-refractivity contribution in [2.45, 2.75) is 32.7 Å². The first-order chi connectivity index (χ1) is 8.19. The van der Waals surface area contributed by atoms with E-state index in [1.165, 1.54) is 0 Å². The predicted molar refractivity (Wildman–Crippen MR) is 67.5 cm³/mol. The van der Waals surface area contributed by atoms with E-state index in [1.54, 1.807) is 0 Å². The molecule has 4 heteroatoms. The molecule has 1 aromatic carbocycles. The Bertz CT molecular complexity index is 414. The van der Waals surface area contributed by atoms with Gasteiger partial charge in [0.1, 0.15) is 5.75 Å². The van der Waals surface area contributed by atoms with Crippen molar-refractivity contribution in [3.63, 3.8) is 0 Å². The third-order valence-electron chi connectivity index (χ3n) is 2.67. The molecule has 4 nitrogen and oxygen atoms in total. The largest absolute Gasteiger partial charge is 0.494 e. The Kier molecular flexibility index (Phi) is 3.52. The van der Waals surface area contributed by atoms with Crippen LogP contribution < -0.4 is 15.4 Å². The molecule has 17 heavy (non-hydrogen) atoms. The lowest BCUT2D eigenvalue weighted by Crippen LogP contribution is -2.30. The summed E-state index contributed by atoms with van der Waals surface area (Å²) in [4.78, 5) is 11.6. The predicted octanol–water partition coefficient (Wildman–Crippen LogP) is 2.68. The molecular weight excluding hydrogens is 216 g/mol. The highest BCUT2D eigenvalue weighted by Gasteiger charge is 2.23. The van der Waals surface area contributed by atoms with Gasteiger partial charge in [-0.25, -0.2) is 4.79 Å². The molecule has 1 aliphatic carbocycles. The zero-order chi connectivity index (χ0) is 12.3. The van der Waals surface area contributed by atoms with Gasteiger partial charge < -0.3 is 15.4 Å². The van der Waals surface area contributed by atoms with E-state index in [4.69, 9.17) is 4.74 Å². The molecule has 92 valence electrons. The van der Waals surface area contributed by atoms with Gasteiger partial charge in [-0.05, 0) is 50.5 Å². The second-order valence-electron chi connectivity index (χ2n) is 4.28. The van der Waals surface area contributed by atoms with Gasteiger partial charge in [0.05, 0.1) is 6.61 Å². The first-order valence-electron chi connectivity index (χ1n) is 6.00. The van der Waals surface area contributed by atoms with Gasteiger partial charge in [-0.1, -0.05) is 0 Å². The van der Waals surface area contributed by atoms with Crippen LogP contribution in [0.15, 0.2) is 18.2 Å². The topological polar surface area (TPSA) is 50.4 Å². The van der Waals surface area contributed by atoms with Crippen LogP contribution in [0.3, 0.4) is 0 Å². The van der Waals surface area contributed by atoms with Crippen LogP contribution in [0.2, 0.25) is 0 Å². The standard InChI is InChI=1S/C13H18N2O2/c1-3-17-11-6-7-12(9(2)8-11)15-13(16)14-10-4-5-10/h6-8,10H,3-5H2,1-2H3,(H2,14,15,16). The molecule has 2 amide bonds. The minimum Gasteiger partial charge on any atom is -0.494 e. The zero-order valence-corrected chi connectivity index (χ0v) is 10.2. The van der Waals surface area contributed by atoms with Crippen LogP contribution in [0, 0.1) is 6.92 Å². The van der Waals surface area contributed by atoms with Gasteiger partial charge in [-0.2, -0.15) is 0 Å². The lowest BCUT2D eigenvalue weighted by Gasteiger charge is -2.11. The molecule has 0 atom stereocenters. The number of benzene rings is 1. The van der Waals surface area contributed by atoms with E-state index in [2.05, 4.69) is 10.6 Å². The summed E-state index contributed by atoms with van der Waals surface area (Å²) in [5.74, 6) is 0.832. The molecule has 0 unspecified atom stereocenters. The Balaban J connectivity index is 1.97. The molecule has 0 spiro atoms. The molecule has 0 saturated heterocycles. The van der Waals surface area contributed by atoms with Crippen molar-refractivity contribution >= 4 is 11.7 Å². The molecule has 0 radical (unpaired) electrons. The third-order valence-corrected chi connectivity index (χ3v) is 2.67. The maximum Gasteiger partial charge on any atom is 0.319 e. The lowest BCUT2D eigenvalue weighted by molar-refractivity contribution is 0.251. The molecule has 0 heterocycles. The van der Waals surface area contributed by atoms with Gasteiger partial charge in [0, 0.05) is 11.7 Å². The minimum absolute atomic E-state index is 0.125. The molecule has 1 saturated carbocycles. The van der Waals surface area contributed by atoms with E-state index in [0.29, 0.717) is 12.6 Å². The molecule has 0 aliphatic heterocycles. The maximum absolute atomic E-state index is 11.6. The summed E-state index contributed by atoms with van der Waals surface area (Å²) in [6, 6.07) is 5.91. The summed E-state index contributed by atoms with van der Waals surface area (Å²) >= 11 is 0. The number of carbonyl (C=O) groups is 1. The summed E-state index contributed by atoms with van der Waals surface area (Å²) < 4.78 is 5.39. The van der Waals surface area contributed by atoms with Crippen molar-refractivity contribution < 1.29 is 9.53 Å². The van der Waals surface area contributed by atoms with Crippen LogP contribution in [0.25, 0.3) is 0 Å². The zero-order valence-electron chi connectivity index (χ0n) is 10.2. The molecule has 1 aliphatic rings. The number of amides is 2. The smallest absolute Gasteiger partial charge is 0.319 e. The van der Waals surface area contributed by atoms with Crippen LogP contribution >= 0.6 is 0 Å². The van der Waals surface area contributed by atoms with Gasteiger partial charge in [0.2, 0.25) is 0 Å². The minimum atomic E-state index is -0.125. The fourth-order valence-electron chi connectivity index (χ4n) is 1.60. The SMILES string of the molecule is CCOc1ccc(NC(=O)NC2CC2)c(C)c1. The first kappa shape index (κ1) is 11.8. The van der Waals surface area contributed by atoms with E-state index < -0.39 is 0 Å². The number of hydrogen-bond donors (Lipinski definition) is 2. The lowest BCUT2D eigenvalue weighted by atomic mass is 10.2. The second kappa shape index (κ2) is 5.08. The van der Waals surface area contributed by atoms with E-state index in [-0.39, 0.29) is 6.03 Å². The van der Waals surface area contributed by atoms with Crippen LogP contribution in [0.1, 0.15) is 25.3 Å². The quantitative estimate of drug-likeness (QED) is 0.841. The van der Waals surface area contributed by atoms with Crippen molar-refractivity contribution in [2.24, 2.45) is 0 Å². The van der Waals surface area contributed by atoms with E-state index in [1.807, 2.05) is 32.0 Å². The summed E-state index contributed by atoms with van der Waals surface area (Å²) in [6.45, 7) is 4.55. The van der Waals surface area contributed by atoms with Crippen molar-refractivity contribution in [3.8, 4) is 5.75 Å². The summed E-state index contributed by atoms with van der Waals surface area (Å²) in [5.41, 5.74) is 1.83. The van der Waals surface area contributed by atoms with Crippen molar-refractivity contribution in [1.82, 2.24) is 5.32 Å². The Morgan fingerprint density at radius 3 is 2.82 bits per heavy atom. The normalized spacial score (nSPS) is 14.2. The highest BCUT2D eigenvalue weighted by atomic mass is 16.5. The number of aryl methyl sites for hydroxylation is 1. The van der Waals surface area contributed by atoms with Gasteiger partial charge in [-0.15, -0.1) is 0 Å². The highest BCUT2D eigenvalue weighted by molar-refractivity contribution is 5.90. The van der Waals surface area contributed by atoms with Gasteiger partial charge in [0.25, 0.3) is 0 Å². The number of urea groups is 1. The Morgan fingerprint density at radius 1 is 1.47 bits per heavy atom. The Hall–Kier alpha value is -1.71. The van der Waals surface area contributed by atoms with E-state index in [9.17, 15) is 4.79 Å². The highest BCUT2D eigenvalue weighted by Crippen LogP contribution is 2.22.